The summed E-state index contributed by atoms with van der Waals surface area (Å²) in [5.41, 5.74) is 0.574. The highest BCUT2D eigenvalue weighted by atomic mass is 28.4. The summed E-state index contributed by atoms with van der Waals surface area (Å²) >= 11 is 0. The Kier molecular flexibility index (Phi) is 14.9. The van der Waals surface area contributed by atoms with Crippen LogP contribution in [0.5, 0.6) is 5.75 Å². The molecule has 1 aromatic rings. The number of benzene rings is 1. The maximum atomic E-state index is 14.1. The zero-order valence-corrected chi connectivity index (χ0v) is 21.0. The fourth-order valence-electron chi connectivity index (χ4n) is 3.30. The summed E-state index contributed by atoms with van der Waals surface area (Å²) in [6.45, 7) is 8.24. The number of unbranched alkanes of at least 4 members (excludes halogenated alkanes) is 5. The SMILES string of the molecule is CCO[Si](CCCCCCCCOc1ccc(/C=C/C(=O)OC)cc1F)(OCC)OCC. The molecule has 6 nitrogen and oxygen atoms in total. The first kappa shape index (κ1) is 28.3. The summed E-state index contributed by atoms with van der Waals surface area (Å²) in [5, 5.41) is 0. The summed E-state index contributed by atoms with van der Waals surface area (Å²) in [5.74, 6) is -0.697. The molecule has 1 rings (SSSR count). The molecule has 0 fully saturated rings. The molecule has 0 unspecified atom stereocenters. The van der Waals surface area contributed by atoms with Crippen LogP contribution in [0.25, 0.3) is 6.08 Å². The van der Waals surface area contributed by atoms with Crippen molar-refractivity contribution in [3.05, 3.63) is 35.7 Å². The van der Waals surface area contributed by atoms with Gasteiger partial charge in [0, 0.05) is 31.9 Å². The Morgan fingerprint density at radius 2 is 1.53 bits per heavy atom. The lowest BCUT2D eigenvalue weighted by Gasteiger charge is -2.28. The van der Waals surface area contributed by atoms with Gasteiger partial charge in [0.1, 0.15) is 0 Å². The molecule has 32 heavy (non-hydrogen) atoms. The Morgan fingerprint density at radius 1 is 0.938 bits per heavy atom. The third kappa shape index (κ3) is 11.2. The van der Waals surface area contributed by atoms with E-state index in [1.54, 1.807) is 12.1 Å². The molecular weight excluding hydrogens is 431 g/mol. The minimum atomic E-state index is -2.52. The maximum absolute atomic E-state index is 14.1. The predicted molar refractivity (Wildman–Crippen MR) is 126 cm³/mol. The van der Waals surface area contributed by atoms with Crippen LogP contribution in [0.2, 0.25) is 6.04 Å². The number of ether oxygens (including phenoxy) is 2. The Hall–Kier alpha value is -1.74. The molecule has 0 aliphatic rings. The normalized spacial score (nSPS) is 11.8. The van der Waals surface area contributed by atoms with Crippen LogP contribution in [-0.4, -0.2) is 48.3 Å². The number of esters is 1. The van der Waals surface area contributed by atoms with Crippen molar-refractivity contribution in [2.75, 3.05) is 33.5 Å². The predicted octanol–water partition coefficient (Wildman–Crippen LogP) is 5.78. The number of carbonyl (C=O) groups excluding carboxylic acids is 1. The van der Waals surface area contributed by atoms with Crippen LogP contribution in [0.4, 0.5) is 4.39 Å². The molecule has 0 radical (unpaired) electrons. The highest BCUT2D eigenvalue weighted by Gasteiger charge is 2.39. The van der Waals surface area contributed by atoms with Gasteiger partial charge in [-0.1, -0.05) is 31.7 Å². The van der Waals surface area contributed by atoms with Gasteiger partial charge in [-0.25, -0.2) is 9.18 Å². The number of hydrogen-bond acceptors (Lipinski definition) is 6. The monoisotopic (exact) mass is 470 g/mol. The van der Waals surface area contributed by atoms with Gasteiger partial charge >= 0.3 is 14.8 Å². The van der Waals surface area contributed by atoms with E-state index in [4.69, 9.17) is 18.0 Å². The fraction of sp³-hybridized carbons (Fsp3) is 0.625. The van der Waals surface area contributed by atoms with E-state index in [-0.39, 0.29) is 5.75 Å². The lowest BCUT2D eigenvalue weighted by Crippen LogP contribution is -2.45. The lowest BCUT2D eigenvalue weighted by molar-refractivity contribution is -0.134. The number of hydrogen-bond donors (Lipinski definition) is 0. The van der Waals surface area contributed by atoms with Crippen LogP contribution >= 0.6 is 0 Å². The molecule has 0 bridgehead atoms. The number of carbonyl (C=O) groups is 1. The Balaban J connectivity index is 2.23. The van der Waals surface area contributed by atoms with Crippen LogP contribution in [0.3, 0.4) is 0 Å². The third-order valence-electron chi connectivity index (χ3n) is 4.80. The summed E-state index contributed by atoms with van der Waals surface area (Å²) in [6.07, 6.45) is 9.04. The van der Waals surface area contributed by atoms with Crippen molar-refractivity contribution in [3.8, 4) is 5.75 Å². The molecule has 0 amide bonds. The van der Waals surface area contributed by atoms with Gasteiger partial charge in [0.15, 0.2) is 11.6 Å². The fourth-order valence-corrected chi connectivity index (χ4v) is 5.99. The molecule has 0 N–H and O–H groups in total. The van der Waals surface area contributed by atoms with Crippen LogP contribution in [0.1, 0.15) is 64.9 Å². The third-order valence-corrected chi connectivity index (χ3v) is 7.95. The van der Waals surface area contributed by atoms with Crippen molar-refractivity contribution in [2.45, 2.75) is 65.3 Å². The molecule has 0 aliphatic carbocycles. The van der Waals surface area contributed by atoms with E-state index >= 15 is 0 Å². The molecule has 0 aliphatic heterocycles. The second-order valence-electron chi connectivity index (χ2n) is 7.25. The van der Waals surface area contributed by atoms with Crippen molar-refractivity contribution < 1.29 is 31.9 Å². The first-order valence-electron chi connectivity index (χ1n) is 11.6. The first-order valence-corrected chi connectivity index (χ1v) is 13.5. The summed E-state index contributed by atoms with van der Waals surface area (Å²) in [4.78, 5) is 11.1. The Morgan fingerprint density at radius 3 is 2.09 bits per heavy atom. The number of methoxy groups -OCH3 is 1. The van der Waals surface area contributed by atoms with Gasteiger partial charge in [-0.15, -0.1) is 0 Å². The number of halogens is 1. The number of rotatable bonds is 18. The van der Waals surface area contributed by atoms with Crippen LogP contribution in [0.15, 0.2) is 24.3 Å². The van der Waals surface area contributed by atoms with Gasteiger partial charge in [-0.3, -0.25) is 0 Å². The molecular formula is C24H39FO6Si. The maximum Gasteiger partial charge on any atom is 0.500 e. The quantitative estimate of drug-likeness (QED) is 0.117. The van der Waals surface area contributed by atoms with Crippen molar-refractivity contribution in [1.29, 1.82) is 0 Å². The van der Waals surface area contributed by atoms with Gasteiger partial charge in [0.25, 0.3) is 0 Å². The van der Waals surface area contributed by atoms with Gasteiger partial charge in [-0.2, -0.15) is 0 Å². The molecule has 0 spiro atoms. The standard InChI is InChI=1S/C24H39FO6Si/c1-5-29-32(30-6-2,31-7-3)19-13-11-9-8-10-12-18-28-23-16-14-21(20-22(23)25)15-17-24(26)27-4/h14-17,20H,5-13,18-19H2,1-4H3/b17-15+. The van der Waals surface area contributed by atoms with E-state index in [1.807, 2.05) is 20.8 Å². The van der Waals surface area contributed by atoms with Crippen LogP contribution in [0, 0.1) is 5.82 Å². The lowest BCUT2D eigenvalue weighted by atomic mass is 10.1. The van der Waals surface area contributed by atoms with Crippen molar-refractivity contribution in [2.24, 2.45) is 0 Å². The van der Waals surface area contributed by atoms with Crippen molar-refractivity contribution >= 4 is 20.8 Å². The highest BCUT2D eigenvalue weighted by Crippen LogP contribution is 2.22. The average Bonchev–Trinajstić information content (AvgIpc) is 2.78. The zero-order valence-electron chi connectivity index (χ0n) is 20.0. The van der Waals surface area contributed by atoms with Gasteiger partial charge in [-0.05, 0) is 57.4 Å². The zero-order chi connectivity index (χ0) is 23.7. The summed E-state index contributed by atoms with van der Waals surface area (Å²) in [7, 11) is -1.22. The summed E-state index contributed by atoms with van der Waals surface area (Å²) in [6, 6.07) is 5.48. The minimum Gasteiger partial charge on any atom is -0.491 e. The van der Waals surface area contributed by atoms with E-state index < -0.39 is 20.6 Å². The van der Waals surface area contributed by atoms with Gasteiger partial charge in [0.05, 0.1) is 13.7 Å². The van der Waals surface area contributed by atoms with E-state index in [2.05, 4.69) is 4.74 Å². The average molecular weight is 471 g/mol. The van der Waals surface area contributed by atoms with E-state index in [0.717, 1.165) is 44.6 Å². The van der Waals surface area contributed by atoms with E-state index in [0.29, 0.717) is 32.0 Å². The molecule has 0 atom stereocenters. The topological polar surface area (TPSA) is 63.2 Å². The molecule has 1 aromatic carbocycles. The molecule has 0 aromatic heterocycles. The second-order valence-corrected chi connectivity index (χ2v) is 9.98. The van der Waals surface area contributed by atoms with E-state index in [9.17, 15) is 9.18 Å². The highest BCUT2D eigenvalue weighted by molar-refractivity contribution is 6.60. The minimum absolute atomic E-state index is 0.226. The molecule has 0 saturated heterocycles. The Labute approximate surface area is 193 Å². The summed E-state index contributed by atoms with van der Waals surface area (Å²) < 4.78 is 41.8. The van der Waals surface area contributed by atoms with Crippen LogP contribution in [-0.2, 0) is 22.8 Å². The van der Waals surface area contributed by atoms with Gasteiger partial charge < -0.3 is 22.8 Å². The molecule has 182 valence electrons. The molecule has 8 heteroatoms. The molecule has 0 heterocycles. The molecule has 0 saturated carbocycles. The largest absolute Gasteiger partial charge is 0.500 e. The van der Waals surface area contributed by atoms with Crippen molar-refractivity contribution in [1.82, 2.24) is 0 Å². The van der Waals surface area contributed by atoms with Gasteiger partial charge in [0.2, 0.25) is 0 Å². The first-order chi connectivity index (χ1) is 15.5. The smallest absolute Gasteiger partial charge is 0.491 e. The van der Waals surface area contributed by atoms with Crippen LogP contribution < -0.4 is 4.74 Å². The second kappa shape index (κ2) is 16.8. The van der Waals surface area contributed by atoms with E-state index in [1.165, 1.54) is 25.3 Å². The van der Waals surface area contributed by atoms with Crippen molar-refractivity contribution in [3.63, 3.8) is 0 Å². The Bertz CT molecular complexity index is 665.